The number of nitrogens with zero attached hydrogens (tertiary/aromatic N) is 3. The molecule has 0 unspecified atom stereocenters. The number of rotatable bonds is 8. The molecule has 5 nitrogen and oxygen atoms in total. The summed E-state index contributed by atoms with van der Waals surface area (Å²) >= 11 is 1.54. The van der Waals surface area contributed by atoms with Crippen LogP contribution in [-0.4, -0.2) is 34.1 Å². The molecule has 1 aliphatic heterocycles. The van der Waals surface area contributed by atoms with E-state index in [0.717, 1.165) is 45.8 Å². The number of fused-ring (bicyclic) bond motifs is 1. The van der Waals surface area contributed by atoms with Crippen LogP contribution in [0.1, 0.15) is 36.9 Å². The SMILES string of the molecule is CCCn1cc(SCC(=O)N2N=C(c3ccc(OC)cc3)C[C@H]2c2ccc(F)cc2)c2ccccc21. The largest absolute Gasteiger partial charge is 0.497 e. The number of carbonyl (C=O) groups is 1. The number of aromatic nitrogens is 1. The van der Waals surface area contributed by atoms with Gasteiger partial charge < -0.3 is 9.30 Å². The Morgan fingerprint density at radius 3 is 2.56 bits per heavy atom. The maximum atomic E-state index is 13.6. The van der Waals surface area contributed by atoms with Gasteiger partial charge in [-0.25, -0.2) is 9.40 Å². The van der Waals surface area contributed by atoms with E-state index < -0.39 is 0 Å². The number of aryl methyl sites for hydroxylation is 1. The number of hydrogen-bond donors (Lipinski definition) is 0. The molecule has 0 aliphatic carbocycles. The highest BCUT2D eigenvalue weighted by molar-refractivity contribution is 8.00. The van der Waals surface area contributed by atoms with E-state index in [-0.39, 0.29) is 23.5 Å². The third kappa shape index (κ3) is 4.88. The van der Waals surface area contributed by atoms with Crippen LogP contribution in [0.3, 0.4) is 0 Å². The maximum Gasteiger partial charge on any atom is 0.253 e. The van der Waals surface area contributed by atoms with Crippen molar-refractivity contribution < 1.29 is 13.9 Å². The summed E-state index contributed by atoms with van der Waals surface area (Å²) in [5.74, 6) is 0.645. The summed E-state index contributed by atoms with van der Waals surface area (Å²) in [5.41, 5.74) is 3.81. The first-order valence-electron chi connectivity index (χ1n) is 12.1. The Hall–Kier alpha value is -3.58. The Morgan fingerprint density at radius 1 is 1.08 bits per heavy atom. The second kappa shape index (κ2) is 10.6. The van der Waals surface area contributed by atoms with E-state index in [1.165, 1.54) is 29.4 Å². The summed E-state index contributed by atoms with van der Waals surface area (Å²) < 4.78 is 21.1. The van der Waals surface area contributed by atoms with Gasteiger partial charge in [0, 0.05) is 35.0 Å². The van der Waals surface area contributed by atoms with Gasteiger partial charge in [-0.05, 0) is 60.0 Å². The Balaban J connectivity index is 1.40. The minimum absolute atomic E-state index is 0.0786. The molecule has 2 heterocycles. The van der Waals surface area contributed by atoms with Crippen molar-refractivity contribution in [1.82, 2.24) is 9.58 Å². The van der Waals surface area contributed by atoms with Crippen LogP contribution in [-0.2, 0) is 11.3 Å². The Bertz CT molecular complexity index is 1400. The van der Waals surface area contributed by atoms with Crippen molar-refractivity contribution in [2.45, 2.75) is 37.2 Å². The molecule has 0 spiro atoms. The fourth-order valence-electron chi connectivity index (χ4n) is 4.60. The van der Waals surface area contributed by atoms with Gasteiger partial charge in [0.05, 0.1) is 24.6 Å². The Labute approximate surface area is 214 Å². The number of hydrogen-bond acceptors (Lipinski definition) is 4. The molecule has 0 fully saturated rings. The second-order valence-electron chi connectivity index (χ2n) is 8.78. The summed E-state index contributed by atoms with van der Waals surface area (Å²) in [4.78, 5) is 14.6. The predicted molar refractivity (Wildman–Crippen MR) is 143 cm³/mol. The van der Waals surface area contributed by atoms with Gasteiger partial charge in [-0.2, -0.15) is 5.10 Å². The van der Waals surface area contributed by atoms with Crippen LogP contribution in [0.15, 0.2) is 89.0 Å². The maximum absolute atomic E-state index is 13.6. The molecule has 0 bridgehead atoms. The van der Waals surface area contributed by atoms with Gasteiger partial charge in [0.15, 0.2) is 0 Å². The average molecular weight is 502 g/mol. The number of ether oxygens (including phenoxy) is 1. The molecule has 7 heteroatoms. The van der Waals surface area contributed by atoms with Crippen molar-refractivity contribution in [3.63, 3.8) is 0 Å². The zero-order chi connectivity index (χ0) is 25.1. The van der Waals surface area contributed by atoms with Gasteiger partial charge in [-0.1, -0.05) is 37.3 Å². The van der Waals surface area contributed by atoms with Gasteiger partial charge in [-0.15, -0.1) is 11.8 Å². The minimum Gasteiger partial charge on any atom is -0.497 e. The third-order valence-electron chi connectivity index (χ3n) is 6.41. The van der Waals surface area contributed by atoms with E-state index in [0.29, 0.717) is 6.42 Å². The van der Waals surface area contributed by atoms with E-state index >= 15 is 0 Å². The van der Waals surface area contributed by atoms with Crippen molar-refractivity contribution in [1.29, 1.82) is 0 Å². The molecule has 0 N–H and O–H groups in total. The number of carbonyl (C=O) groups excluding carboxylic acids is 1. The summed E-state index contributed by atoms with van der Waals surface area (Å²) in [6.45, 7) is 3.09. The fourth-order valence-corrected chi connectivity index (χ4v) is 5.54. The van der Waals surface area contributed by atoms with E-state index in [1.807, 2.05) is 36.4 Å². The number of benzene rings is 3. The third-order valence-corrected chi connectivity index (χ3v) is 7.44. The van der Waals surface area contributed by atoms with Crippen molar-refractivity contribution in [3.8, 4) is 5.75 Å². The lowest BCUT2D eigenvalue weighted by atomic mass is 9.98. The minimum atomic E-state index is -0.301. The quantitative estimate of drug-likeness (QED) is 0.253. The van der Waals surface area contributed by atoms with Crippen molar-refractivity contribution in [2.75, 3.05) is 12.9 Å². The molecule has 1 aliphatic rings. The zero-order valence-corrected chi connectivity index (χ0v) is 21.2. The molecule has 0 saturated carbocycles. The van der Waals surface area contributed by atoms with Gasteiger partial charge in [-0.3, -0.25) is 4.79 Å². The molecule has 184 valence electrons. The van der Waals surface area contributed by atoms with Crippen molar-refractivity contribution in [2.24, 2.45) is 5.10 Å². The van der Waals surface area contributed by atoms with Gasteiger partial charge in [0.25, 0.3) is 5.91 Å². The summed E-state index contributed by atoms with van der Waals surface area (Å²) in [6.07, 6.45) is 3.74. The van der Waals surface area contributed by atoms with Gasteiger partial charge in [0.1, 0.15) is 11.6 Å². The van der Waals surface area contributed by atoms with E-state index in [1.54, 1.807) is 24.3 Å². The van der Waals surface area contributed by atoms with Crippen LogP contribution in [0.25, 0.3) is 10.9 Å². The number of halogens is 1. The molecule has 1 atom stereocenters. The molecule has 0 saturated heterocycles. The topological polar surface area (TPSA) is 46.8 Å². The van der Waals surface area contributed by atoms with Crippen LogP contribution in [0.5, 0.6) is 5.75 Å². The number of hydrazone groups is 1. The number of methoxy groups -OCH3 is 1. The number of para-hydroxylation sites is 1. The molecule has 0 radical (unpaired) electrons. The summed E-state index contributed by atoms with van der Waals surface area (Å²) in [6, 6.07) is 22.0. The molecular formula is C29H28FN3O2S. The highest BCUT2D eigenvalue weighted by Crippen LogP contribution is 2.35. The van der Waals surface area contributed by atoms with Crippen molar-refractivity contribution >= 4 is 34.3 Å². The Kier molecular flexibility index (Phi) is 7.09. The van der Waals surface area contributed by atoms with Crippen LogP contribution in [0, 0.1) is 5.82 Å². The zero-order valence-electron chi connectivity index (χ0n) is 20.4. The lowest BCUT2D eigenvalue weighted by Gasteiger charge is -2.22. The average Bonchev–Trinajstić information content (AvgIpc) is 3.51. The molecule has 3 aromatic carbocycles. The molecule has 36 heavy (non-hydrogen) atoms. The smallest absolute Gasteiger partial charge is 0.253 e. The van der Waals surface area contributed by atoms with E-state index in [4.69, 9.17) is 9.84 Å². The van der Waals surface area contributed by atoms with Gasteiger partial charge in [0.2, 0.25) is 0 Å². The fraction of sp³-hybridized carbons (Fsp3) is 0.241. The first-order valence-corrected chi connectivity index (χ1v) is 13.1. The van der Waals surface area contributed by atoms with Crippen molar-refractivity contribution in [3.05, 3.63) is 95.9 Å². The van der Waals surface area contributed by atoms with E-state index in [2.05, 4.69) is 29.8 Å². The highest BCUT2D eigenvalue weighted by atomic mass is 32.2. The van der Waals surface area contributed by atoms with Crippen LogP contribution in [0.4, 0.5) is 4.39 Å². The van der Waals surface area contributed by atoms with Crippen LogP contribution >= 0.6 is 11.8 Å². The molecule has 4 aromatic rings. The van der Waals surface area contributed by atoms with Crippen LogP contribution < -0.4 is 4.74 Å². The summed E-state index contributed by atoms with van der Waals surface area (Å²) in [5, 5.41) is 7.48. The first kappa shape index (κ1) is 24.1. The van der Waals surface area contributed by atoms with Gasteiger partial charge >= 0.3 is 0 Å². The molecule has 1 aromatic heterocycles. The first-order chi connectivity index (χ1) is 17.6. The molecule has 1 amide bonds. The highest BCUT2D eigenvalue weighted by Gasteiger charge is 2.33. The lowest BCUT2D eigenvalue weighted by molar-refractivity contribution is -0.130. The monoisotopic (exact) mass is 501 g/mol. The number of thioether (sulfide) groups is 1. The molecular weight excluding hydrogens is 473 g/mol. The number of amides is 1. The predicted octanol–water partition coefficient (Wildman–Crippen LogP) is 6.67. The normalized spacial score (nSPS) is 15.4. The second-order valence-corrected chi connectivity index (χ2v) is 9.79. The summed E-state index contributed by atoms with van der Waals surface area (Å²) in [7, 11) is 1.63. The molecule has 5 rings (SSSR count). The Morgan fingerprint density at radius 2 is 1.83 bits per heavy atom. The van der Waals surface area contributed by atoms with E-state index in [9.17, 15) is 9.18 Å². The lowest BCUT2D eigenvalue weighted by Crippen LogP contribution is -2.28. The standard InChI is InChI=1S/C29H28FN3O2S/c1-3-16-32-18-28(24-6-4-5-7-26(24)32)36-19-29(34)33-27(21-8-12-22(30)13-9-21)17-25(31-33)20-10-14-23(35-2)15-11-20/h4-15,18,27H,3,16-17,19H2,1-2H3/t27-/m0/s1. The van der Waals surface area contributed by atoms with Crippen LogP contribution in [0.2, 0.25) is 0 Å².